The van der Waals surface area contributed by atoms with E-state index in [0.717, 1.165) is 11.3 Å². The Labute approximate surface area is 101 Å². The highest BCUT2D eigenvalue weighted by Gasteiger charge is 2.02. The van der Waals surface area contributed by atoms with Crippen molar-refractivity contribution in [3.63, 3.8) is 0 Å². The molecule has 0 unspecified atom stereocenters. The number of hydrogen-bond acceptors (Lipinski definition) is 4. The molecule has 2 rings (SSSR count). The molecule has 0 atom stereocenters. The highest BCUT2D eigenvalue weighted by Crippen LogP contribution is 2.11. The van der Waals surface area contributed by atoms with Crippen LogP contribution in [0.2, 0.25) is 0 Å². The van der Waals surface area contributed by atoms with Crippen molar-refractivity contribution < 1.29 is 9.18 Å². The second-order valence-electron chi connectivity index (χ2n) is 3.08. The molecule has 17 heavy (non-hydrogen) atoms. The predicted octanol–water partition coefficient (Wildman–Crippen LogP) is 2.05. The van der Waals surface area contributed by atoms with Gasteiger partial charge < -0.3 is 0 Å². The summed E-state index contributed by atoms with van der Waals surface area (Å²) in [5, 5.41) is 3.44. The number of carbonyl (C=O) groups is 1. The molecule has 0 aliphatic rings. The van der Waals surface area contributed by atoms with Gasteiger partial charge in [-0.25, -0.2) is 5.43 Å². The fourth-order valence-electron chi connectivity index (χ4n) is 1.12. The fourth-order valence-corrected chi connectivity index (χ4v) is 1.72. The molecule has 0 aromatic carbocycles. The molecule has 86 valence electrons. The van der Waals surface area contributed by atoms with Gasteiger partial charge in [0, 0.05) is 18.0 Å². The number of pyridine rings is 1. The van der Waals surface area contributed by atoms with E-state index in [1.54, 1.807) is 18.2 Å². The lowest BCUT2D eigenvalue weighted by molar-refractivity contribution is 0.0955. The number of thiophene rings is 1. The first-order valence-corrected chi connectivity index (χ1v) is 5.56. The molecule has 0 saturated carbocycles. The Morgan fingerprint density at radius 3 is 2.76 bits per heavy atom. The summed E-state index contributed by atoms with van der Waals surface area (Å²) < 4.78 is 12.6. The number of amides is 1. The monoisotopic (exact) mass is 249 g/mol. The Morgan fingerprint density at radius 2 is 2.12 bits per heavy atom. The van der Waals surface area contributed by atoms with Crippen LogP contribution in [-0.2, 0) is 0 Å². The van der Waals surface area contributed by atoms with Crippen molar-refractivity contribution in [2.24, 2.45) is 5.10 Å². The average molecular weight is 249 g/mol. The lowest BCUT2D eigenvalue weighted by Gasteiger charge is -1.97. The van der Waals surface area contributed by atoms with Crippen molar-refractivity contribution in [1.82, 2.24) is 10.4 Å². The lowest BCUT2D eigenvalue weighted by Crippen LogP contribution is -2.17. The van der Waals surface area contributed by atoms with Gasteiger partial charge in [-0.05, 0) is 24.3 Å². The van der Waals surface area contributed by atoms with Gasteiger partial charge in [0.1, 0.15) is 0 Å². The van der Waals surface area contributed by atoms with E-state index in [-0.39, 0.29) is 11.0 Å². The van der Waals surface area contributed by atoms with Gasteiger partial charge >= 0.3 is 0 Å². The Hall–Kier alpha value is -2.08. The Morgan fingerprint density at radius 1 is 1.35 bits per heavy atom. The van der Waals surface area contributed by atoms with Crippen LogP contribution in [-0.4, -0.2) is 17.1 Å². The van der Waals surface area contributed by atoms with E-state index < -0.39 is 0 Å². The third-order valence-corrected chi connectivity index (χ3v) is 2.70. The maximum absolute atomic E-state index is 12.6. The standard InChI is InChI=1S/C11H8FN3OS/c12-10-2-1-9(17-10)7-14-15-11(16)8-3-5-13-6-4-8/h1-7H,(H,15,16). The average Bonchev–Trinajstić information content (AvgIpc) is 2.76. The van der Waals surface area contributed by atoms with Crippen LogP contribution in [0.15, 0.2) is 41.8 Å². The number of halogens is 1. The molecule has 0 radical (unpaired) electrons. The number of aromatic nitrogens is 1. The minimum atomic E-state index is -0.333. The molecule has 0 saturated heterocycles. The molecular formula is C11H8FN3OS. The smallest absolute Gasteiger partial charge is 0.267 e. The minimum Gasteiger partial charge on any atom is -0.267 e. The van der Waals surface area contributed by atoms with Gasteiger partial charge in [0.25, 0.3) is 5.91 Å². The normalized spacial score (nSPS) is 10.6. The molecule has 0 aliphatic heterocycles. The van der Waals surface area contributed by atoms with E-state index in [0.29, 0.717) is 10.4 Å². The molecule has 0 bridgehead atoms. The number of rotatable bonds is 3. The lowest BCUT2D eigenvalue weighted by atomic mass is 10.3. The predicted molar refractivity (Wildman–Crippen MR) is 63.6 cm³/mol. The highest BCUT2D eigenvalue weighted by atomic mass is 32.1. The number of nitrogens with zero attached hydrogens (tertiary/aromatic N) is 2. The van der Waals surface area contributed by atoms with Crippen molar-refractivity contribution in [2.75, 3.05) is 0 Å². The molecule has 0 spiro atoms. The van der Waals surface area contributed by atoms with E-state index in [9.17, 15) is 9.18 Å². The summed E-state index contributed by atoms with van der Waals surface area (Å²) in [6.07, 6.45) is 4.44. The molecule has 1 N–H and O–H groups in total. The van der Waals surface area contributed by atoms with Gasteiger partial charge in [-0.15, -0.1) is 11.3 Å². The zero-order valence-electron chi connectivity index (χ0n) is 8.63. The van der Waals surface area contributed by atoms with Gasteiger partial charge in [0.15, 0.2) is 5.13 Å². The Bertz CT molecular complexity index is 539. The second kappa shape index (κ2) is 5.31. The van der Waals surface area contributed by atoms with E-state index >= 15 is 0 Å². The summed E-state index contributed by atoms with van der Waals surface area (Å²) in [5.41, 5.74) is 2.81. The molecule has 0 fully saturated rings. The minimum absolute atomic E-state index is 0.285. The first-order chi connectivity index (χ1) is 8.25. The summed E-state index contributed by atoms with van der Waals surface area (Å²) in [5.74, 6) is -0.333. The van der Waals surface area contributed by atoms with E-state index in [2.05, 4.69) is 15.5 Å². The molecule has 0 aliphatic carbocycles. The molecule has 4 nitrogen and oxygen atoms in total. The topological polar surface area (TPSA) is 54.4 Å². The molecule has 2 aromatic heterocycles. The van der Waals surface area contributed by atoms with Crippen LogP contribution in [0.5, 0.6) is 0 Å². The SMILES string of the molecule is O=C(NN=Cc1ccc(F)s1)c1ccncc1. The Kier molecular flexibility index (Phi) is 3.56. The van der Waals surface area contributed by atoms with Gasteiger partial charge in [0.05, 0.1) is 11.1 Å². The van der Waals surface area contributed by atoms with Crippen molar-refractivity contribution in [3.8, 4) is 0 Å². The van der Waals surface area contributed by atoms with Gasteiger partial charge in [-0.3, -0.25) is 9.78 Å². The highest BCUT2D eigenvalue weighted by molar-refractivity contribution is 7.12. The zero-order valence-corrected chi connectivity index (χ0v) is 9.45. The van der Waals surface area contributed by atoms with Gasteiger partial charge in [0.2, 0.25) is 0 Å². The van der Waals surface area contributed by atoms with E-state index in [1.165, 1.54) is 24.7 Å². The number of hydrogen-bond donors (Lipinski definition) is 1. The number of nitrogens with one attached hydrogen (secondary N) is 1. The summed E-state index contributed by atoms with van der Waals surface area (Å²) in [6.45, 7) is 0. The van der Waals surface area contributed by atoms with Crippen molar-refractivity contribution in [2.45, 2.75) is 0 Å². The summed E-state index contributed by atoms with van der Waals surface area (Å²) >= 11 is 0.958. The van der Waals surface area contributed by atoms with Crippen LogP contribution in [0, 0.1) is 5.13 Å². The van der Waals surface area contributed by atoms with Crippen LogP contribution in [0.25, 0.3) is 0 Å². The molecule has 2 aromatic rings. The van der Waals surface area contributed by atoms with Crippen molar-refractivity contribution >= 4 is 23.5 Å². The van der Waals surface area contributed by atoms with Crippen molar-refractivity contribution in [3.05, 3.63) is 52.2 Å². The van der Waals surface area contributed by atoms with Gasteiger partial charge in [-0.2, -0.15) is 9.49 Å². The van der Waals surface area contributed by atoms with Crippen LogP contribution in [0.1, 0.15) is 15.2 Å². The van der Waals surface area contributed by atoms with E-state index in [4.69, 9.17) is 0 Å². The maximum atomic E-state index is 12.6. The quantitative estimate of drug-likeness (QED) is 0.668. The number of hydrazone groups is 1. The Balaban J connectivity index is 1.95. The van der Waals surface area contributed by atoms with Crippen molar-refractivity contribution in [1.29, 1.82) is 0 Å². The number of carbonyl (C=O) groups excluding carboxylic acids is 1. The molecule has 2 heterocycles. The van der Waals surface area contributed by atoms with Crippen LogP contribution in [0.4, 0.5) is 4.39 Å². The third kappa shape index (κ3) is 3.18. The molecule has 6 heteroatoms. The first kappa shape index (κ1) is 11.4. The summed E-state index contributed by atoms with van der Waals surface area (Å²) in [6, 6.07) is 6.09. The summed E-state index contributed by atoms with van der Waals surface area (Å²) in [4.78, 5) is 16.0. The maximum Gasteiger partial charge on any atom is 0.271 e. The molecular weight excluding hydrogens is 241 g/mol. The largest absolute Gasteiger partial charge is 0.271 e. The zero-order chi connectivity index (χ0) is 12.1. The summed E-state index contributed by atoms with van der Waals surface area (Å²) in [7, 11) is 0. The first-order valence-electron chi connectivity index (χ1n) is 4.74. The fraction of sp³-hybridized carbons (Fsp3) is 0. The third-order valence-electron chi connectivity index (χ3n) is 1.89. The van der Waals surface area contributed by atoms with E-state index in [1.807, 2.05) is 0 Å². The van der Waals surface area contributed by atoms with Crippen LogP contribution >= 0.6 is 11.3 Å². The molecule has 1 amide bonds. The second-order valence-corrected chi connectivity index (χ2v) is 4.14. The van der Waals surface area contributed by atoms with Crippen LogP contribution in [0.3, 0.4) is 0 Å². The van der Waals surface area contributed by atoms with Gasteiger partial charge in [-0.1, -0.05) is 0 Å². The van der Waals surface area contributed by atoms with Crippen LogP contribution < -0.4 is 5.43 Å².